The normalized spacial score (nSPS) is 10.7. The SMILES string of the molecule is CCNCc1ccn(Cc2cc(OC)ccc2Br)c1. The fourth-order valence-corrected chi connectivity index (χ4v) is 2.33. The molecule has 0 radical (unpaired) electrons. The van der Waals surface area contributed by atoms with E-state index >= 15 is 0 Å². The first-order chi connectivity index (χ1) is 9.22. The van der Waals surface area contributed by atoms with Crippen molar-refractivity contribution in [2.24, 2.45) is 0 Å². The minimum Gasteiger partial charge on any atom is -0.497 e. The summed E-state index contributed by atoms with van der Waals surface area (Å²) in [6.07, 6.45) is 4.28. The fourth-order valence-electron chi connectivity index (χ4n) is 1.96. The Kier molecular flexibility index (Phi) is 5.05. The van der Waals surface area contributed by atoms with Gasteiger partial charge in [-0.3, -0.25) is 0 Å². The molecule has 0 aliphatic carbocycles. The first-order valence-corrected chi connectivity index (χ1v) is 7.20. The standard InChI is InChI=1S/C15H19BrN2O/c1-3-17-9-12-6-7-18(10-12)11-13-8-14(19-2)4-5-15(13)16/h4-8,10,17H,3,9,11H2,1-2H3. The van der Waals surface area contributed by atoms with Crippen LogP contribution in [0.15, 0.2) is 41.1 Å². The van der Waals surface area contributed by atoms with E-state index < -0.39 is 0 Å². The van der Waals surface area contributed by atoms with Crippen molar-refractivity contribution in [2.45, 2.75) is 20.0 Å². The molecule has 0 fully saturated rings. The van der Waals surface area contributed by atoms with E-state index in [0.717, 1.165) is 29.9 Å². The average molecular weight is 323 g/mol. The second kappa shape index (κ2) is 6.78. The Morgan fingerprint density at radius 2 is 2.16 bits per heavy atom. The summed E-state index contributed by atoms with van der Waals surface area (Å²) in [5, 5.41) is 3.33. The van der Waals surface area contributed by atoms with Crippen LogP contribution in [0.2, 0.25) is 0 Å². The lowest BCUT2D eigenvalue weighted by atomic mass is 10.2. The molecule has 4 heteroatoms. The van der Waals surface area contributed by atoms with Gasteiger partial charge >= 0.3 is 0 Å². The van der Waals surface area contributed by atoms with Crippen LogP contribution in [-0.4, -0.2) is 18.2 Å². The zero-order valence-corrected chi connectivity index (χ0v) is 12.9. The van der Waals surface area contributed by atoms with E-state index in [1.54, 1.807) is 7.11 Å². The molecule has 0 amide bonds. The van der Waals surface area contributed by atoms with Crippen LogP contribution in [0.5, 0.6) is 5.75 Å². The van der Waals surface area contributed by atoms with Crippen LogP contribution in [0.4, 0.5) is 0 Å². The predicted octanol–water partition coefficient (Wildman–Crippen LogP) is 3.42. The summed E-state index contributed by atoms with van der Waals surface area (Å²) in [4.78, 5) is 0. The van der Waals surface area contributed by atoms with Crippen molar-refractivity contribution in [3.8, 4) is 5.75 Å². The first-order valence-electron chi connectivity index (χ1n) is 6.40. The Hall–Kier alpha value is -1.26. The molecule has 19 heavy (non-hydrogen) atoms. The van der Waals surface area contributed by atoms with E-state index in [9.17, 15) is 0 Å². The van der Waals surface area contributed by atoms with E-state index in [1.807, 2.05) is 12.1 Å². The van der Waals surface area contributed by atoms with Crippen molar-refractivity contribution < 1.29 is 4.74 Å². The second-order valence-electron chi connectivity index (χ2n) is 4.43. The van der Waals surface area contributed by atoms with Gasteiger partial charge in [-0.15, -0.1) is 0 Å². The number of rotatable bonds is 6. The molecule has 1 aromatic heterocycles. The lowest BCUT2D eigenvalue weighted by molar-refractivity contribution is 0.414. The number of benzene rings is 1. The zero-order valence-electron chi connectivity index (χ0n) is 11.3. The minimum absolute atomic E-state index is 0.837. The highest BCUT2D eigenvalue weighted by molar-refractivity contribution is 9.10. The summed E-state index contributed by atoms with van der Waals surface area (Å²) in [5.74, 6) is 0.887. The number of hydrogen-bond donors (Lipinski definition) is 1. The molecule has 0 saturated carbocycles. The number of nitrogens with one attached hydrogen (secondary N) is 1. The topological polar surface area (TPSA) is 26.2 Å². The lowest BCUT2D eigenvalue weighted by Gasteiger charge is -2.08. The fraction of sp³-hybridized carbons (Fsp3) is 0.333. The number of hydrogen-bond acceptors (Lipinski definition) is 2. The van der Waals surface area contributed by atoms with Gasteiger partial charge in [-0.05, 0) is 41.9 Å². The molecule has 1 aromatic carbocycles. The Morgan fingerprint density at radius 3 is 2.89 bits per heavy atom. The molecule has 3 nitrogen and oxygen atoms in total. The zero-order chi connectivity index (χ0) is 13.7. The van der Waals surface area contributed by atoms with Gasteiger partial charge in [0, 0.05) is 30.0 Å². The van der Waals surface area contributed by atoms with Crippen molar-refractivity contribution in [1.29, 1.82) is 0 Å². The molecular weight excluding hydrogens is 304 g/mol. The number of ether oxygens (including phenoxy) is 1. The summed E-state index contributed by atoms with van der Waals surface area (Å²) >= 11 is 3.58. The smallest absolute Gasteiger partial charge is 0.119 e. The molecule has 2 rings (SSSR count). The summed E-state index contributed by atoms with van der Waals surface area (Å²) in [5.41, 5.74) is 2.52. The van der Waals surface area contributed by atoms with Crippen LogP contribution in [0, 0.1) is 0 Å². The lowest BCUT2D eigenvalue weighted by Crippen LogP contribution is -2.11. The first kappa shape index (κ1) is 14.2. The van der Waals surface area contributed by atoms with E-state index in [4.69, 9.17) is 4.74 Å². The molecule has 0 spiro atoms. The van der Waals surface area contributed by atoms with Crippen molar-refractivity contribution in [3.05, 3.63) is 52.3 Å². The molecule has 0 saturated heterocycles. The van der Waals surface area contributed by atoms with Gasteiger partial charge in [0.05, 0.1) is 7.11 Å². The van der Waals surface area contributed by atoms with E-state index in [2.05, 4.69) is 57.3 Å². The van der Waals surface area contributed by atoms with Gasteiger partial charge in [-0.2, -0.15) is 0 Å². The highest BCUT2D eigenvalue weighted by Crippen LogP contribution is 2.23. The van der Waals surface area contributed by atoms with Crippen molar-refractivity contribution in [1.82, 2.24) is 9.88 Å². The second-order valence-corrected chi connectivity index (χ2v) is 5.28. The molecule has 102 valence electrons. The number of aromatic nitrogens is 1. The summed E-state index contributed by atoms with van der Waals surface area (Å²) in [6.45, 7) is 4.86. The molecule has 0 unspecified atom stereocenters. The van der Waals surface area contributed by atoms with Crippen molar-refractivity contribution >= 4 is 15.9 Å². The maximum absolute atomic E-state index is 5.27. The molecular formula is C15H19BrN2O. The molecule has 0 aliphatic heterocycles. The highest BCUT2D eigenvalue weighted by atomic mass is 79.9. The van der Waals surface area contributed by atoms with Gasteiger partial charge in [0.1, 0.15) is 5.75 Å². The molecule has 0 atom stereocenters. The molecule has 0 bridgehead atoms. The Balaban J connectivity index is 2.10. The van der Waals surface area contributed by atoms with Crippen LogP contribution in [0.1, 0.15) is 18.1 Å². The van der Waals surface area contributed by atoms with Crippen LogP contribution in [0.25, 0.3) is 0 Å². The maximum Gasteiger partial charge on any atom is 0.119 e. The molecule has 1 heterocycles. The van der Waals surface area contributed by atoms with Crippen LogP contribution >= 0.6 is 15.9 Å². The largest absolute Gasteiger partial charge is 0.497 e. The maximum atomic E-state index is 5.27. The quantitative estimate of drug-likeness (QED) is 0.882. The van der Waals surface area contributed by atoms with Crippen LogP contribution in [-0.2, 0) is 13.1 Å². The average Bonchev–Trinajstić information content (AvgIpc) is 2.86. The van der Waals surface area contributed by atoms with E-state index in [0.29, 0.717) is 0 Å². The number of halogens is 1. The number of nitrogens with zero attached hydrogens (tertiary/aromatic N) is 1. The monoisotopic (exact) mass is 322 g/mol. The summed E-state index contributed by atoms with van der Waals surface area (Å²) in [6, 6.07) is 8.20. The molecule has 2 aromatic rings. The van der Waals surface area contributed by atoms with Gasteiger partial charge in [0.15, 0.2) is 0 Å². The van der Waals surface area contributed by atoms with Gasteiger partial charge in [-0.25, -0.2) is 0 Å². The molecule has 0 aliphatic rings. The van der Waals surface area contributed by atoms with E-state index in [1.165, 1.54) is 11.1 Å². The molecule has 1 N–H and O–H groups in total. The van der Waals surface area contributed by atoms with E-state index in [-0.39, 0.29) is 0 Å². The Labute approximate surface area is 122 Å². The van der Waals surface area contributed by atoms with Gasteiger partial charge < -0.3 is 14.6 Å². The Bertz CT molecular complexity index is 537. The summed E-state index contributed by atoms with van der Waals surface area (Å²) < 4.78 is 8.56. The van der Waals surface area contributed by atoms with Gasteiger partial charge in [0.25, 0.3) is 0 Å². The predicted molar refractivity (Wildman–Crippen MR) is 81.6 cm³/mol. The van der Waals surface area contributed by atoms with Crippen LogP contribution in [0.3, 0.4) is 0 Å². The Morgan fingerprint density at radius 1 is 1.32 bits per heavy atom. The van der Waals surface area contributed by atoms with Gasteiger partial charge in [-0.1, -0.05) is 22.9 Å². The van der Waals surface area contributed by atoms with Gasteiger partial charge in [0.2, 0.25) is 0 Å². The van der Waals surface area contributed by atoms with Crippen LogP contribution < -0.4 is 10.1 Å². The van der Waals surface area contributed by atoms with Crippen molar-refractivity contribution in [2.75, 3.05) is 13.7 Å². The number of methoxy groups -OCH3 is 1. The summed E-state index contributed by atoms with van der Waals surface area (Å²) in [7, 11) is 1.69. The third-order valence-electron chi connectivity index (χ3n) is 3.00. The minimum atomic E-state index is 0.837. The third kappa shape index (κ3) is 3.85. The third-order valence-corrected chi connectivity index (χ3v) is 3.77. The van der Waals surface area contributed by atoms with Crippen molar-refractivity contribution in [3.63, 3.8) is 0 Å². The highest BCUT2D eigenvalue weighted by Gasteiger charge is 2.04.